The summed E-state index contributed by atoms with van der Waals surface area (Å²) in [5, 5.41) is 15.6. The summed E-state index contributed by atoms with van der Waals surface area (Å²) in [7, 11) is 1.76. The molecule has 1 amide bonds. The van der Waals surface area contributed by atoms with E-state index < -0.39 is 0 Å². The monoisotopic (exact) mass is 404 g/mol. The number of nitrogens with one attached hydrogen (secondary N) is 1. The van der Waals surface area contributed by atoms with Gasteiger partial charge in [-0.05, 0) is 59.5 Å². The van der Waals surface area contributed by atoms with Crippen molar-refractivity contribution in [3.05, 3.63) is 47.5 Å². The molecule has 5 rings (SSSR count). The molecule has 1 saturated heterocycles. The van der Waals surface area contributed by atoms with Crippen LogP contribution in [0.15, 0.2) is 36.4 Å². The van der Waals surface area contributed by atoms with Crippen molar-refractivity contribution < 1.29 is 9.53 Å². The van der Waals surface area contributed by atoms with Crippen molar-refractivity contribution in [3.63, 3.8) is 0 Å². The molecule has 1 aromatic heterocycles. The first kappa shape index (κ1) is 18.7. The Bertz CT molecular complexity index is 1120. The number of amides is 1. The van der Waals surface area contributed by atoms with E-state index in [1.54, 1.807) is 7.05 Å². The third kappa shape index (κ3) is 3.04. The first-order chi connectivity index (χ1) is 14.5. The van der Waals surface area contributed by atoms with Gasteiger partial charge >= 0.3 is 6.09 Å². The van der Waals surface area contributed by atoms with E-state index >= 15 is 0 Å². The number of ether oxygens (including phenoxy) is 1. The van der Waals surface area contributed by atoms with Crippen LogP contribution >= 0.6 is 0 Å². The highest BCUT2D eigenvalue weighted by Gasteiger charge is 2.47. The van der Waals surface area contributed by atoms with Crippen molar-refractivity contribution in [2.24, 2.45) is 7.05 Å². The average molecular weight is 404 g/mol. The van der Waals surface area contributed by atoms with Crippen LogP contribution in [0, 0.1) is 6.92 Å². The molecule has 8 nitrogen and oxygen atoms in total. The highest BCUT2D eigenvalue weighted by Crippen LogP contribution is 2.40. The number of aryl methyl sites for hydroxylation is 2. The molecule has 0 bridgehead atoms. The number of carbonyl (C=O) groups is 1. The van der Waals surface area contributed by atoms with Crippen LogP contribution < -0.4 is 10.2 Å². The number of nitrogens with zero attached hydrogens (tertiary/aromatic N) is 5. The maximum Gasteiger partial charge on any atom is 0.415 e. The Morgan fingerprint density at radius 1 is 1.20 bits per heavy atom. The normalized spacial score (nSPS) is 19.7. The molecule has 1 fully saturated rings. The Labute approximate surface area is 174 Å². The molecule has 2 aliphatic rings. The summed E-state index contributed by atoms with van der Waals surface area (Å²) < 4.78 is 5.58. The molecule has 3 heterocycles. The lowest BCUT2D eigenvalue weighted by Gasteiger charge is -2.16. The maximum absolute atomic E-state index is 12.4. The van der Waals surface area contributed by atoms with E-state index in [0.717, 1.165) is 40.9 Å². The zero-order valence-corrected chi connectivity index (χ0v) is 17.3. The maximum atomic E-state index is 12.4. The fourth-order valence-corrected chi connectivity index (χ4v) is 4.41. The number of hydrogen-bond acceptors (Lipinski definition) is 6. The average Bonchev–Trinajstić information content (AvgIpc) is 3.41. The molecule has 0 saturated carbocycles. The molecule has 0 spiro atoms. The summed E-state index contributed by atoms with van der Waals surface area (Å²) in [6, 6.07) is 12.6. The number of benzene rings is 2. The Balaban J connectivity index is 1.43. The molecule has 2 aromatic carbocycles. The predicted octanol–water partition coefficient (Wildman–Crippen LogP) is 2.71. The first-order valence-corrected chi connectivity index (χ1v) is 10.2. The minimum Gasteiger partial charge on any atom is -0.442 e. The predicted molar refractivity (Wildman–Crippen MR) is 113 cm³/mol. The van der Waals surface area contributed by atoms with E-state index in [2.05, 4.69) is 58.8 Å². The largest absolute Gasteiger partial charge is 0.442 e. The Morgan fingerprint density at radius 3 is 2.73 bits per heavy atom. The second-order valence-electron chi connectivity index (χ2n) is 7.85. The molecule has 154 valence electrons. The van der Waals surface area contributed by atoms with Crippen molar-refractivity contribution in [1.29, 1.82) is 0 Å². The molecular weight excluding hydrogens is 380 g/mol. The van der Waals surface area contributed by atoms with Crippen LogP contribution in [0.1, 0.15) is 18.1 Å². The van der Waals surface area contributed by atoms with E-state index in [1.807, 2.05) is 17.0 Å². The number of rotatable bonds is 5. The number of likely N-dealkylation sites (N-methyl/N-ethyl adjacent to an activating group) is 1. The number of cyclic esters (lactones) is 1. The van der Waals surface area contributed by atoms with E-state index in [0.29, 0.717) is 12.4 Å². The molecular formula is C22H24N6O2. The summed E-state index contributed by atoms with van der Waals surface area (Å²) in [5.74, 6) is 0.626. The van der Waals surface area contributed by atoms with Crippen molar-refractivity contribution in [2.75, 3.05) is 18.0 Å². The topological polar surface area (TPSA) is 85.2 Å². The Morgan fingerprint density at radius 2 is 2.00 bits per heavy atom. The van der Waals surface area contributed by atoms with Gasteiger partial charge in [0.15, 0.2) is 0 Å². The zero-order valence-electron chi connectivity index (χ0n) is 17.3. The van der Waals surface area contributed by atoms with Gasteiger partial charge < -0.3 is 10.1 Å². The smallest absolute Gasteiger partial charge is 0.415 e. The van der Waals surface area contributed by atoms with Gasteiger partial charge in [-0.15, -0.1) is 10.2 Å². The van der Waals surface area contributed by atoms with Gasteiger partial charge in [0.25, 0.3) is 0 Å². The molecule has 8 heteroatoms. The lowest BCUT2D eigenvalue weighted by Crippen LogP contribution is -2.38. The molecule has 2 unspecified atom stereocenters. The Kier molecular flexibility index (Phi) is 4.51. The second kappa shape index (κ2) is 7.21. The molecule has 2 aliphatic heterocycles. The number of carbonyl (C=O) groups excluding carboxylic acids is 1. The zero-order chi connectivity index (χ0) is 20.8. The SMILES string of the molecule is CCNCC1OC(=O)N2c3ccc(-c4ccc(-c5nnn(C)n5)c(C)c4)cc3CC12. The minimum atomic E-state index is -0.244. The fraction of sp³-hybridized carbons (Fsp3) is 0.364. The van der Waals surface area contributed by atoms with Gasteiger partial charge in [0.2, 0.25) is 5.82 Å². The number of hydrogen-bond donors (Lipinski definition) is 1. The summed E-state index contributed by atoms with van der Waals surface area (Å²) in [4.78, 5) is 15.7. The fourth-order valence-electron chi connectivity index (χ4n) is 4.41. The van der Waals surface area contributed by atoms with Crippen molar-refractivity contribution in [3.8, 4) is 22.5 Å². The number of fused-ring (bicyclic) bond motifs is 3. The van der Waals surface area contributed by atoms with E-state index in [9.17, 15) is 4.79 Å². The van der Waals surface area contributed by atoms with Gasteiger partial charge in [-0.2, -0.15) is 4.80 Å². The molecule has 0 aliphatic carbocycles. The summed E-state index contributed by atoms with van der Waals surface area (Å²) in [6.45, 7) is 5.65. The highest BCUT2D eigenvalue weighted by atomic mass is 16.6. The van der Waals surface area contributed by atoms with Gasteiger partial charge in [-0.1, -0.05) is 31.2 Å². The number of aromatic nitrogens is 4. The van der Waals surface area contributed by atoms with Crippen molar-refractivity contribution in [2.45, 2.75) is 32.4 Å². The molecule has 3 aromatic rings. The summed E-state index contributed by atoms with van der Waals surface area (Å²) in [6.07, 6.45) is 0.450. The molecule has 2 atom stereocenters. The van der Waals surface area contributed by atoms with Crippen LogP contribution in [0.2, 0.25) is 0 Å². The number of tetrazole rings is 1. The van der Waals surface area contributed by atoms with Gasteiger partial charge in [-0.25, -0.2) is 4.79 Å². The first-order valence-electron chi connectivity index (χ1n) is 10.2. The van der Waals surface area contributed by atoms with E-state index in [-0.39, 0.29) is 18.2 Å². The standard InChI is InChI=1S/C22H24N6O2/c1-4-23-12-20-19-11-16-10-15(6-8-18(16)28(19)22(29)30-20)14-5-7-17(13(2)9-14)21-24-26-27(3)25-21/h5-10,19-20,23H,4,11-12H2,1-3H3. The van der Waals surface area contributed by atoms with Crippen LogP contribution in [0.4, 0.5) is 10.5 Å². The molecule has 1 N–H and O–H groups in total. The van der Waals surface area contributed by atoms with Crippen molar-refractivity contribution >= 4 is 11.8 Å². The molecule has 0 radical (unpaired) electrons. The van der Waals surface area contributed by atoms with E-state index in [4.69, 9.17) is 4.74 Å². The lowest BCUT2D eigenvalue weighted by molar-refractivity contribution is 0.130. The Hall–Kier alpha value is -3.26. The quantitative estimate of drug-likeness (QED) is 0.704. The minimum absolute atomic E-state index is 0.0636. The van der Waals surface area contributed by atoms with E-state index in [1.165, 1.54) is 10.4 Å². The second-order valence-corrected chi connectivity index (χ2v) is 7.85. The third-order valence-electron chi connectivity index (χ3n) is 5.88. The van der Waals surface area contributed by atoms with Crippen LogP contribution in [0.25, 0.3) is 22.5 Å². The third-order valence-corrected chi connectivity index (χ3v) is 5.88. The summed E-state index contributed by atoms with van der Waals surface area (Å²) >= 11 is 0. The van der Waals surface area contributed by atoms with Crippen LogP contribution in [-0.4, -0.2) is 51.5 Å². The molecule has 30 heavy (non-hydrogen) atoms. The van der Waals surface area contributed by atoms with Gasteiger partial charge in [0.1, 0.15) is 6.10 Å². The highest BCUT2D eigenvalue weighted by molar-refractivity contribution is 5.94. The lowest BCUT2D eigenvalue weighted by atomic mass is 9.97. The van der Waals surface area contributed by atoms with Crippen molar-refractivity contribution in [1.82, 2.24) is 25.5 Å². The van der Waals surface area contributed by atoms with Crippen LogP contribution in [0.5, 0.6) is 0 Å². The summed E-state index contributed by atoms with van der Waals surface area (Å²) in [5.41, 5.74) is 6.48. The number of anilines is 1. The van der Waals surface area contributed by atoms with Gasteiger partial charge in [0, 0.05) is 12.1 Å². The van der Waals surface area contributed by atoms with Gasteiger partial charge in [-0.3, -0.25) is 4.90 Å². The van der Waals surface area contributed by atoms with Gasteiger partial charge in [0.05, 0.1) is 18.8 Å². The van der Waals surface area contributed by atoms with Crippen LogP contribution in [-0.2, 0) is 18.2 Å². The van der Waals surface area contributed by atoms with Crippen LogP contribution in [0.3, 0.4) is 0 Å².